The predicted octanol–water partition coefficient (Wildman–Crippen LogP) is 3.42. The smallest absolute Gasteiger partial charge is 0.251 e. The molecule has 0 bridgehead atoms. The minimum absolute atomic E-state index is 0.0147. The predicted molar refractivity (Wildman–Crippen MR) is 119 cm³/mol. The molecule has 166 valence electrons. The first-order valence-corrected chi connectivity index (χ1v) is 12.3. The number of carbonyl (C=O) groups is 2. The third kappa shape index (κ3) is 6.30. The minimum atomic E-state index is -3.33. The zero-order chi connectivity index (χ0) is 22.4. The van der Waals surface area contributed by atoms with Gasteiger partial charge in [0.2, 0.25) is 5.91 Å². The lowest BCUT2D eigenvalue weighted by Crippen LogP contribution is -2.39. The minimum Gasteiger partial charge on any atom is -0.494 e. The molecule has 8 heteroatoms. The number of anilines is 1. The molecule has 3 rings (SSSR count). The Kier molecular flexibility index (Phi) is 7.33. The monoisotopic (exact) mass is 444 g/mol. The molecule has 31 heavy (non-hydrogen) atoms. The van der Waals surface area contributed by atoms with Crippen LogP contribution < -0.4 is 15.4 Å². The maximum absolute atomic E-state index is 12.6. The molecular formula is C23H28N2O5S. The molecular weight excluding hydrogens is 416 g/mol. The largest absolute Gasteiger partial charge is 0.494 e. The van der Waals surface area contributed by atoms with Gasteiger partial charge in [-0.1, -0.05) is 12.1 Å². The van der Waals surface area contributed by atoms with Gasteiger partial charge in [-0.25, -0.2) is 8.42 Å². The highest BCUT2D eigenvalue weighted by molar-refractivity contribution is 7.90. The van der Waals surface area contributed by atoms with Gasteiger partial charge in [-0.05, 0) is 69.0 Å². The van der Waals surface area contributed by atoms with Crippen LogP contribution in [-0.4, -0.2) is 39.1 Å². The van der Waals surface area contributed by atoms with Gasteiger partial charge in [0.15, 0.2) is 9.84 Å². The van der Waals surface area contributed by atoms with Crippen molar-refractivity contribution in [2.45, 2.75) is 43.5 Å². The van der Waals surface area contributed by atoms with E-state index in [2.05, 4.69) is 10.6 Å². The lowest BCUT2D eigenvalue weighted by Gasteiger charge is -2.28. The van der Waals surface area contributed by atoms with Crippen LogP contribution in [0, 0.1) is 5.92 Å². The van der Waals surface area contributed by atoms with E-state index >= 15 is 0 Å². The molecule has 0 atom stereocenters. The Morgan fingerprint density at radius 2 is 1.74 bits per heavy atom. The average molecular weight is 445 g/mol. The van der Waals surface area contributed by atoms with E-state index in [0.717, 1.165) is 6.26 Å². The van der Waals surface area contributed by atoms with Crippen LogP contribution in [0.4, 0.5) is 5.69 Å². The Labute approximate surface area is 183 Å². The molecule has 1 aliphatic rings. The normalized spacial score (nSPS) is 18.8. The van der Waals surface area contributed by atoms with Gasteiger partial charge < -0.3 is 15.4 Å². The molecule has 0 aliphatic heterocycles. The Morgan fingerprint density at radius 3 is 2.42 bits per heavy atom. The van der Waals surface area contributed by atoms with E-state index in [1.165, 1.54) is 12.1 Å². The number of ether oxygens (including phenoxy) is 1. The summed E-state index contributed by atoms with van der Waals surface area (Å²) in [4.78, 5) is 25.3. The number of carbonyl (C=O) groups excluding carboxylic acids is 2. The molecule has 0 spiro atoms. The molecule has 2 aromatic carbocycles. The molecule has 0 heterocycles. The van der Waals surface area contributed by atoms with Crippen molar-refractivity contribution in [2.24, 2.45) is 5.92 Å². The maximum Gasteiger partial charge on any atom is 0.251 e. The lowest BCUT2D eigenvalue weighted by molar-refractivity contribution is -0.120. The van der Waals surface area contributed by atoms with Crippen molar-refractivity contribution in [1.82, 2.24) is 5.32 Å². The van der Waals surface area contributed by atoms with Crippen molar-refractivity contribution in [2.75, 3.05) is 18.2 Å². The molecule has 0 radical (unpaired) electrons. The van der Waals surface area contributed by atoms with Gasteiger partial charge in [-0.15, -0.1) is 0 Å². The van der Waals surface area contributed by atoms with E-state index in [0.29, 0.717) is 49.3 Å². The van der Waals surface area contributed by atoms with Crippen LogP contribution in [0.5, 0.6) is 5.75 Å². The summed E-state index contributed by atoms with van der Waals surface area (Å²) in [5.74, 6) is 0.221. The Hall–Kier alpha value is -2.87. The summed E-state index contributed by atoms with van der Waals surface area (Å²) in [6.07, 6.45) is 3.86. The highest BCUT2D eigenvalue weighted by atomic mass is 32.2. The first-order chi connectivity index (χ1) is 14.8. The van der Waals surface area contributed by atoms with Gasteiger partial charge in [0.05, 0.1) is 11.5 Å². The molecule has 0 saturated heterocycles. The molecule has 2 amide bonds. The Balaban J connectivity index is 1.52. The zero-order valence-electron chi connectivity index (χ0n) is 17.8. The van der Waals surface area contributed by atoms with Gasteiger partial charge in [0, 0.05) is 29.5 Å². The molecule has 0 aromatic heterocycles. The molecule has 1 saturated carbocycles. The summed E-state index contributed by atoms with van der Waals surface area (Å²) < 4.78 is 28.8. The van der Waals surface area contributed by atoms with Gasteiger partial charge in [0.25, 0.3) is 5.91 Å². The highest BCUT2D eigenvalue weighted by Gasteiger charge is 2.27. The fourth-order valence-corrected chi connectivity index (χ4v) is 4.38. The van der Waals surface area contributed by atoms with Crippen molar-refractivity contribution in [3.63, 3.8) is 0 Å². The van der Waals surface area contributed by atoms with Gasteiger partial charge in [-0.2, -0.15) is 0 Å². The van der Waals surface area contributed by atoms with E-state index in [1.54, 1.807) is 30.3 Å². The third-order valence-electron chi connectivity index (χ3n) is 5.37. The topological polar surface area (TPSA) is 102 Å². The fraction of sp³-hybridized carbons (Fsp3) is 0.391. The van der Waals surface area contributed by atoms with Crippen LogP contribution in [0.2, 0.25) is 0 Å². The second-order valence-electron chi connectivity index (χ2n) is 7.77. The van der Waals surface area contributed by atoms with Crippen molar-refractivity contribution >= 4 is 27.3 Å². The van der Waals surface area contributed by atoms with E-state index in [-0.39, 0.29) is 28.7 Å². The molecule has 2 aromatic rings. The summed E-state index contributed by atoms with van der Waals surface area (Å²) in [5.41, 5.74) is 1.02. The molecule has 0 unspecified atom stereocenters. The van der Waals surface area contributed by atoms with E-state index < -0.39 is 9.84 Å². The van der Waals surface area contributed by atoms with E-state index in [4.69, 9.17) is 4.74 Å². The van der Waals surface area contributed by atoms with Crippen LogP contribution in [-0.2, 0) is 14.6 Å². The van der Waals surface area contributed by atoms with Crippen LogP contribution in [0.25, 0.3) is 0 Å². The van der Waals surface area contributed by atoms with Crippen molar-refractivity contribution in [3.05, 3.63) is 54.1 Å². The number of hydrogen-bond acceptors (Lipinski definition) is 5. The zero-order valence-corrected chi connectivity index (χ0v) is 18.6. The lowest BCUT2D eigenvalue weighted by atomic mass is 9.85. The highest BCUT2D eigenvalue weighted by Crippen LogP contribution is 2.26. The van der Waals surface area contributed by atoms with Crippen molar-refractivity contribution in [1.29, 1.82) is 0 Å². The SMILES string of the molecule is CCOc1cccc(C(=O)NC2CCC(C(=O)Nc3cccc(S(C)(=O)=O)c3)CC2)c1. The number of sulfone groups is 1. The van der Waals surface area contributed by atoms with Crippen molar-refractivity contribution in [3.8, 4) is 5.75 Å². The van der Waals surface area contributed by atoms with Gasteiger partial charge in [0.1, 0.15) is 5.75 Å². The first kappa shape index (κ1) is 22.8. The van der Waals surface area contributed by atoms with E-state index in [9.17, 15) is 18.0 Å². The number of amides is 2. The molecule has 7 nitrogen and oxygen atoms in total. The number of nitrogens with one attached hydrogen (secondary N) is 2. The maximum atomic E-state index is 12.6. The second kappa shape index (κ2) is 9.96. The quantitative estimate of drug-likeness (QED) is 0.681. The third-order valence-corrected chi connectivity index (χ3v) is 6.48. The standard InChI is InChI=1S/C23H28N2O5S/c1-3-30-20-8-4-6-17(14-20)23(27)24-18-12-10-16(11-13-18)22(26)25-19-7-5-9-21(15-19)31(2,28)29/h4-9,14-16,18H,3,10-13H2,1-2H3,(H,24,27)(H,25,26). The van der Waals surface area contributed by atoms with Gasteiger partial charge in [-0.3, -0.25) is 9.59 Å². The fourth-order valence-electron chi connectivity index (χ4n) is 3.71. The Morgan fingerprint density at radius 1 is 1.03 bits per heavy atom. The number of rotatable bonds is 7. The first-order valence-electron chi connectivity index (χ1n) is 10.4. The molecule has 1 fully saturated rings. The van der Waals surface area contributed by atoms with E-state index in [1.807, 2.05) is 13.0 Å². The van der Waals surface area contributed by atoms with Crippen LogP contribution in [0.1, 0.15) is 43.0 Å². The molecule has 1 aliphatic carbocycles. The number of benzene rings is 2. The second-order valence-corrected chi connectivity index (χ2v) is 9.79. The van der Waals surface area contributed by atoms with Gasteiger partial charge >= 0.3 is 0 Å². The Bertz CT molecular complexity index is 1040. The van der Waals surface area contributed by atoms with Crippen molar-refractivity contribution < 1.29 is 22.7 Å². The summed E-state index contributed by atoms with van der Waals surface area (Å²) in [6.45, 7) is 2.43. The van der Waals surface area contributed by atoms with Crippen LogP contribution >= 0.6 is 0 Å². The number of hydrogen-bond donors (Lipinski definition) is 2. The van der Waals surface area contributed by atoms with Crippen LogP contribution in [0.15, 0.2) is 53.4 Å². The summed E-state index contributed by atoms with van der Waals surface area (Å²) >= 11 is 0. The summed E-state index contributed by atoms with van der Waals surface area (Å²) in [7, 11) is -3.33. The average Bonchev–Trinajstić information content (AvgIpc) is 2.74. The van der Waals surface area contributed by atoms with Crippen LogP contribution in [0.3, 0.4) is 0 Å². The summed E-state index contributed by atoms with van der Waals surface area (Å²) in [6, 6.07) is 13.4. The molecule has 2 N–H and O–H groups in total. The summed E-state index contributed by atoms with van der Waals surface area (Å²) in [5, 5.41) is 5.86.